The minimum absolute atomic E-state index is 0.573. The van der Waals surface area contributed by atoms with Crippen LogP contribution in [0.4, 0.5) is 34.1 Å². The van der Waals surface area contributed by atoms with E-state index < -0.39 is 0 Å². The Morgan fingerprint density at radius 2 is 0.777 bits per heavy atom. The molecule has 460 valence electrons. The van der Waals surface area contributed by atoms with Gasteiger partial charge in [-0.25, -0.2) is 0 Å². The van der Waals surface area contributed by atoms with E-state index in [2.05, 4.69) is 321 Å². The Morgan fingerprint density at radius 3 is 1.23 bits per heavy atom. The molecule has 16 rings (SSSR count). The Kier molecular flexibility index (Phi) is 17.9. The van der Waals surface area contributed by atoms with Crippen LogP contribution in [0.1, 0.15) is 89.2 Å². The molecule has 12 aromatic carbocycles. The molecule has 0 bridgehead atoms. The van der Waals surface area contributed by atoms with E-state index in [1.807, 2.05) is 19.9 Å². The molecule has 3 nitrogen and oxygen atoms in total. The summed E-state index contributed by atoms with van der Waals surface area (Å²) < 4.78 is 6.63. The molecule has 1 unspecified atom stereocenters. The first-order valence-corrected chi connectivity index (χ1v) is 33.7. The van der Waals surface area contributed by atoms with Crippen LogP contribution in [0.3, 0.4) is 0 Å². The number of benzene rings is 12. The highest BCUT2D eigenvalue weighted by Gasteiger charge is 2.22. The van der Waals surface area contributed by atoms with Crippen molar-refractivity contribution in [3.63, 3.8) is 0 Å². The number of para-hydroxylation sites is 2. The molecule has 1 atom stereocenters. The van der Waals surface area contributed by atoms with Crippen molar-refractivity contribution in [2.24, 2.45) is 5.92 Å². The lowest BCUT2D eigenvalue weighted by molar-refractivity contribution is 0.420. The number of anilines is 6. The molecule has 0 radical (unpaired) electrons. The smallest absolute Gasteiger partial charge is 0.143 e. The highest BCUT2D eigenvalue weighted by atomic mass is 16.3. The van der Waals surface area contributed by atoms with Crippen LogP contribution in [0.15, 0.2) is 326 Å². The highest BCUT2D eigenvalue weighted by Crippen LogP contribution is 2.46. The van der Waals surface area contributed by atoms with Crippen molar-refractivity contribution in [2.75, 3.05) is 9.80 Å². The third kappa shape index (κ3) is 13.1. The third-order valence-electron chi connectivity index (χ3n) is 19.3. The summed E-state index contributed by atoms with van der Waals surface area (Å²) >= 11 is 0. The van der Waals surface area contributed by atoms with Gasteiger partial charge in [0, 0.05) is 50.2 Å². The van der Waals surface area contributed by atoms with Gasteiger partial charge in [0.15, 0.2) is 0 Å². The number of nitrogens with zero attached hydrogens (tertiary/aromatic N) is 2. The van der Waals surface area contributed by atoms with Crippen molar-refractivity contribution in [2.45, 2.75) is 78.1 Å². The lowest BCUT2D eigenvalue weighted by Gasteiger charge is -2.28. The lowest BCUT2D eigenvalue weighted by atomic mass is 9.80. The van der Waals surface area contributed by atoms with Crippen LogP contribution in [0, 0.1) is 5.92 Å². The maximum Gasteiger partial charge on any atom is 0.143 e. The zero-order valence-corrected chi connectivity index (χ0v) is 54.3. The fourth-order valence-corrected chi connectivity index (χ4v) is 12.9. The zero-order chi connectivity index (χ0) is 63.9. The van der Waals surface area contributed by atoms with Crippen LogP contribution in [-0.2, 0) is 0 Å². The van der Waals surface area contributed by atoms with Gasteiger partial charge in [-0.2, -0.15) is 0 Å². The Labute approximate surface area is 555 Å². The second-order valence-electron chi connectivity index (χ2n) is 25.8. The highest BCUT2D eigenvalue weighted by molar-refractivity contribution is 6.14. The minimum Gasteiger partial charge on any atom is -0.455 e. The third-order valence-corrected chi connectivity index (χ3v) is 19.3. The fraction of sp³-hybridized carbons (Fsp3) is 0.143. The van der Waals surface area contributed by atoms with Crippen LogP contribution < -0.4 is 9.80 Å². The summed E-state index contributed by atoms with van der Waals surface area (Å²) in [5, 5.41) is 4.55. The molecule has 2 fully saturated rings. The van der Waals surface area contributed by atoms with Gasteiger partial charge >= 0.3 is 0 Å². The Morgan fingerprint density at radius 1 is 0.362 bits per heavy atom. The van der Waals surface area contributed by atoms with E-state index in [0.29, 0.717) is 5.92 Å². The van der Waals surface area contributed by atoms with E-state index in [1.165, 1.54) is 95.0 Å². The van der Waals surface area contributed by atoms with Gasteiger partial charge in [-0.1, -0.05) is 288 Å². The van der Waals surface area contributed by atoms with Crippen molar-refractivity contribution in [3.05, 3.63) is 333 Å². The summed E-state index contributed by atoms with van der Waals surface area (Å²) in [6.07, 6.45) is 18.0. The van der Waals surface area contributed by atoms with Gasteiger partial charge in [-0.05, 0) is 190 Å². The number of allylic oxidation sites excluding steroid dienone is 6. The molecule has 94 heavy (non-hydrogen) atoms. The molecule has 0 saturated heterocycles. The van der Waals surface area contributed by atoms with E-state index in [0.717, 1.165) is 113 Å². The van der Waals surface area contributed by atoms with Crippen molar-refractivity contribution in [3.8, 4) is 55.6 Å². The van der Waals surface area contributed by atoms with Gasteiger partial charge in [0.05, 0.1) is 5.69 Å². The molecular formula is C91H80N2O. The van der Waals surface area contributed by atoms with Gasteiger partial charge in [-0.3, -0.25) is 0 Å². The van der Waals surface area contributed by atoms with Crippen LogP contribution in [-0.4, -0.2) is 0 Å². The quantitative estimate of drug-likeness (QED) is 0.101. The van der Waals surface area contributed by atoms with Crippen molar-refractivity contribution >= 4 is 72.4 Å². The van der Waals surface area contributed by atoms with Crippen LogP contribution >= 0.6 is 0 Å². The molecule has 0 spiro atoms. The molecule has 3 aliphatic rings. The summed E-state index contributed by atoms with van der Waals surface area (Å²) in [7, 11) is 0. The van der Waals surface area contributed by atoms with Gasteiger partial charge < -0.3 is 14.2 Å². The summed E-state index contributed by atoms with van der Waals surface area (Å²) in [6.45, 7) is 13.5. The molecule has 1 heterocycles. The Balaban J connectivity index is 0.000000706. The molecule has 0 aliphatic heterocycles. The molecule has 0 N–H and O–H groups in total. The zero-order valence-electron chi connectivity index (χ0n) is 54.3. The summed E-state index contributed by atoms with van der Waals surface area (Å²) in [4.78, 5) is 4.77. The average Bonchev–Trinajstić information content (AvgIpc) is 1.82. The topological polar surface area (TPSA) is 19.6 Å². The molecule has 3 aliphatic carbocycles. The molecule has 2 saturated carbocycles. The summed E-state index contributed by atoms with van der Waals surface area (Å²) in [6, 6.07) is 102. The van der Waals surface area contributed by atoms with Crippen molar-refractivity contribution in [1.29, 1.82) is 0 Å². The predicted octanol–water partition coefficient (Wildman–Crippen LogP) is 27.0. The van der Waals surface area contributed by atoms with Crippen LogP contribution in [0.25, 0.3) is 93.9 Å². The van der Waals surface area contributed by atoms with Gasteiger partial charge in [-0.15, -0.1) is 0 Å². The molecule has 1 aromatic heterocycles. The molecule has 0 amide bonds. The first-order valence-electron chi connectivity index (χ1n) is 33.7. The normalized spacial score (nSPS) is 14.2. The Bertz CT molecular complexity index is 4830. The van der Waals surface area contributed by atoms with Gasteiger partial charge in [0.25, 0.3) is 0 Å². The van der Waals surface area contributed by atoms with Gasteiger partial charge in [0.2, 0.25) is 0 Å². The van der Waals surface area contributed by atoms with Crippen molar-refractivity contribution in [1.82, 2.24) is 0 Å². The number of furan rings is 1. The van der Waals surface area contributed by atoms with E-state index >= 15 is 0 Å². The second-order valence-corrected chi connectivity index (χ2v) is 25.8. The van der Waals surface area contributed by atoms with Crippen LogP contribution in [0.5, 0.6) is 0 Å². The SMILES string of the molecule is C1CCC1.C=C(C)C(=C)C.CC1C=CC(c2ccc(N(c3ccc(-c4ccccc4)cc3)c3ccc(-c4ccc(N(c5ccc(-c6ccc(-c7ccc(C8CCC8)cc7)cc6)cc5)c5ccc(-c6cccc7c6oc6ccccc67)c6ccccc56)cc4)cc3)cc2)=CC1. The van der Waals surface area contributed by atoms with E-state index in [-0.39, 0.29) is 0 Å². The van der Waals surface area contributed by atoms with E-state index in [1.54, 1.807) is 0 Å². The predicted molar refractivity (Wildman–Crippen MR) is 403 cm³/mol. The average molecular weight is 1220 g/mol. The van der Waals surface area contributed by atoms with Gasteiger partial charge in [0.1, 0.15) is 11.2 Å². The maximum absolute atomic E-state index is 6.63. The summed E-state index contributed by atoms with van der Waals surface area (Å²) in [5.41, 5.74) is 26.2. The number of rotatable bonds is 14. The molecule has 13 aromatic rings. The second kappa shape index (κ2) is 27.6. The number of hydrogen-bond donors (Lipinski definition) is 0. The molecular weight excluding hydrogens is 1140 g/mol. The van der Waals surface area contributed by atoms with E-state index in [9.17, 15) is 0 Å². The Hall–Kier alpha value is -10.7. The minimum atomic E-state index is 0.573. The first kappa shape index (κ1) is 60.8. The lowest BCUT2D eigenvalue weighted by Crippen LogP contribution is -2.10. The molecule has 3 heteroatoms. The van der Waals surface area contributed by atoms with E-state index in [4.69, 9.17) is 4.42 Å². The number of fused-ring (bicyclic) bond motifs is 4. The monoisotopic (exact) mass is 1220 g/mol. The summed E-state index contributed by atoms with van der Waals surface area (Å²) in [5.74, 6) is 1.31. The van der Waals surface area contributed by atoms with Crippen LogP contribution in [0.2, 0.25) is 0 Å². The fourth-order valence-electron chi connectivity index (χ4n) is 12.9. The standard InChI is InChI=1S/C81H62N2O.C6H10.C4H8/c1-55-21-23-58(24-22-55)64-35-45-69(46-36-64)82(68-43-33-63(34-44-68)56-11-3-2-4-12-56)70-47-37-66(38-48-70)67-41-51-72(52-42-67)83(71-49-39-65(40-50-71)62-31-29-61(30-32-62)60-27-25-59(26-28-60)57-13-9-14-57)79-54-53-74(73-15-5-6-16-75(73)79)77-18-10-19-78-76-17-7-8-20-80(76)84-81(77)78;1-5(2)6(3)4;1-2-4-3-1/h2-8,10-12,15-21,23-55,57H,9,13-14,22H2,1H3;1,3H2,2,4H3;1-4H2. The number of hydrogen-bond acceptors (Lipinski definition) is 3. The first-order chi connectivity index (χ1) is 46.2. The van der Waals surface area contributed by atoms with Crippen molar-refractivity contribution < 1.29 is 4.42 Å². The maximum atomic E-state index is 6.63. The largest absolute Gasteiger partial charge is 0.455 e.